The maximum atomic E-state index is 12.3. The summed E-state index contributed by atoms with van der Waals surface area (Å²) in [5, 5.41) is 0. The van der Waals surface area contributed by atoms with Crippen LogP contribution in [0.4, 0.5) is 11.4 Å². The van der Waals surface area contributed by atoms with Crippen molar-refractivity contribution in [3.8, 4) is 0 Å². The van der Waals surface area contributed by atoms with Crippen molar-refractivity contribution < 1.29 is 4.79 Å². The van der Waals surface area contributed by atoms with Gasteiger partial charge in [-0.3, -0.25) is 4.79 Å². The van der Waals surface area contributed by atoms with Crippen LogP contribution in [0, 0.1) is 0 Å². The summed E-state index contributed by atoms with van der Waals surface area (Å²) < 4.78 is 0. The first-order chi connectivity index (χ1) is 9.16. The van der Waals surface area contributed by atoms with E-state index in [1.54, 1.807) is 0 Å². The van der Waals surface area contributed by atoms with Crippen molar-refractivity contribution in [3.63, 3.8) is 0 Å². The van der Waals surface area contributed by atoms with Crippen LogP contribution < -0.4 is 4.90 Å². The van der Waals surface area contributed by atoms with E-state index in [-0.39, 0.29) is 5.78 Å². The molecule has 0 amide bonds. The zero-order chi connectivity index (χ0) is 13.4. The molecule has 3 nitrogen and oxygen atoms in total. The molecule has 1 aliphatic heterocycles. The van der Waals surface area contributed by atoms with Crippen molar-refractivity contribution >= 4 is 22.9 Å². The fraction of sp³-hybridized carbons (Fsp3) is 0.125. The van der Waals surface area contributed by atoms with Crippen molar-refractivity contribution in [1.82, 2.24) is 0 Å². The fourth-order valence-electron chi connectivity index (χ4n) is 2.18. The van der Waals surface area contributed by atoms with Gasteiger partial charge >= 0.3 is 0 Å². The van der Waals surface area contributed by atoms with Crippen LogP contribution in [0.2, 0.25) is 0 Å². The molecular weight excluding hydrogens is 236 g/mol. The molecule has 0 radical (unpaired) electrons. The van der Waals surface area contributed by atoms with Gasteiger partial charge in [-0.1, -0.05) is 24.3 Å². The lowest BCUT2D eigenvalue weighted by atomic mass is 10.0. The molecule has 19 heavy (non-hydrogen) atoms. The predicted molar refractivity (Wildman–Crippen MR) is 77.7 cm³/mol. The summed E-state index contributed by atoms with van der Waals surface area (Å²) in [5.74, 6) is 0.00760. The molecular formula is C16H14N2O. The Labute approximate surface area is 112 Å². The number of nitrogens with zero attached hydrogens (tertiary/aromatic N) is 2. The molecule has 2 aromatic carbocycles. The maximum absolute atomic E-state index is 12.3. The number of anilines is 1. The number of rotatable bonds is 2. The van der Waals surface area contributed by atoms with Gasteiger partial charge in [0, 0.05) is 30.9 Å². The summed E-state index contributed by atoms with van der Waals surface area (Å²) in [6.45, 7) is 0. The number of ketones is 1. The first kappa shape index (κ1) is 11.7. The lowest BCUT2D eigenvalue weighted by Crippen LogP contribution is -2.12. The molecule has 0 aromatic heterocycles. The van der Waals surface area contributed by atoms with Crippen molar-refractivity contribution in [3.05, 3.63) is 59.7 Å². The lowest BCUT2D eigenvalue weighted by Gasteiger charge is -2.12. The highest BCUT2D eigenvalue weighted by Crippen LogP contribution is 2.28. The van der Waals surface area contributed by atoms with Gasteiger partial charge < -0.3 is 4.90 Å². The Balaban J connectivity index is 1.99. The SMILES string of the molecule is CN(C)c1ccc(C2=Nc3ccccc3C2=O)cc1. The Bertz CT molecular complexity index is 669. The second-order valence-corrected chi connectivity index (χ2v) is 4.75. The van der Waals surface area contributed by atoms with Gasteiger partial charge in [0.25, 0.3) is 0 Å². The van der Waals surface area contributed by atoms with Gasteiger partial charge in [0.2, 0.25) is 5.78 Å². The van der Waals surface area contributed by atoms with E-state index < -0.39 is 0 Å². The van der Waals surface area contributed by atoms with Crippen LogP contribution in [0.5, 0.6) is 0 Å². The zero-order valence-electron chi connectivity index (χ0n) is 10.9. The van der Waals surface area contributed by atoms with Gasteiger partial charge in [-0.05, 0) is 24.3 Å². The number of aliphatic imine (C=N–C) groups is 1. The number of hydrogen-bond donors (Lipinski definition) is 0. The monoisotopic (exact) mass is 250 g/mol. The average molecular weight is 250 g/mol. The number of Topliss-reactive ketones (excluding diaryl/α,β-unsaturated/α-hetero) is 1. The summed E-state index contributed by atoms with van der Waals surface area (Å²) in [6, 6.07) is 15.3. The number of carbonyl (C=O) groups is 1. The van der Waals surface area contributed by atoms with Gasteiger partial charge in [-0.2, -0.15) is 0 Å². The molecule has 3 heteroatoms. The number of carbonyl (C=O) groups excluding carboxylic acids is 1. The highest BCUT2D eigenvalue weighted by molar-refractivity contribution is 6.54. The topological polar surface area (TPSA) is 32.7 Å². The quantitative estimate of drug-likeness (QED) is 0.820. The Morgan fingerprint density at radius 3 is 2.26 bits per heavy atom. The first-order valence-corrected chi connectivity index (χ1v) is 6.17. The normalized spacial score (nSPS) is 13.2. The van der Waals surface area contributed by atoms with E-state index in [0.717, 1.165) is 16.9 Å². The second-order valence-electron chi connectivity index (χ2n) is 4.75. The molecule has 0 spiro atoms. The molecule has 0 atom stereocenters. The third kappa shape index (κ3) is 1.93. The van der Waals surface area contributed by atoms with E-state index in [9.17, 15) is 4.79 Å². The van der Waals surface area contributed by atoms with Crippen LogP contribution in [0.15, 0.2) is 53.5 Å². The molecule has 0 saturated heterocycles. The average Bonchev–Trinajstić information content (AvgIpc) is 2.77. The largest absolute Gasteiger partial charge is 0.378 e. The highest BCUT2D eigenvalue weighted by Gasteiger charge is 2.24. The molecule has 0 bridgehead atoms. The van der Waals surface area contributed by atoms with E-state index >= 15 is 0 Å². The van der Waals surface area contributed by atoms with Gasteiger partial charge in [-0.15, -0.1) is 0 Å². The van der Waals surface area contributed by atoms with E-state index in [0.29, 0.717) is 11.3 Å². The summed E-state index contributed by atoms with van der Waals surface area (Å²) >= 11 is 0. The number of benzene rings is 2. The minimum Gasteiger partial charge on any atom is -0.378 e. The summed E-state index contributed by atoms with van der Waals surface area (Å²) in [4.78, 5) is 18.7. The van der Waals surface area contributed by atoms with Crippen LogP contribution in [-0.2, 0) is 0 Å². The van der Waals surface area contributed by atoms with E-state index in [1.807, 2.05) is 67.5 Å². The fourth-order valence-corrected chi connectivity index (χ4v) is 2.18. The molecule has 0 aliphatic carbocycles. The summed E-state index contributed by atoms with van der Waals surface area (Å²) in [7, 11) is 3.98. The van der Waals surface area contributed by atoms with Crippen molar-refractivity contribution in [2.45, 2.75) is 0 Å². The van der Waals surface area contributed by atoms with Crippen LogP contribution in [0.3, 0.4) is 0 Å². The first-order valence-electron chi connectivity index (χ1n) is 6.17. The van der Waals surface area contributed by atoms with E-state index in [2.05, 4.69) is 4.99 Å². The van der Waals surface area contributed by atoms with E-state index in [1.165, 1.54) is 0 Å². The number of fused-ring (bicyclic) bond motifs is 1. The molecule has 1 aliphatic rings. The maximum Gasteiger partial charge on any atom is 0.214 e. The summed E-state index contributed by atoms with van der Waals surface area (Å²) in [6.07, 6.45) is 0. The number of para-hydroxylation sites is 1. The molecule has 0 unspecified atom stereocenters. The van der Waals surface area contributed by atoms with Crippen molar-refractivity contribution in [1.29, 1.82) is 0 Å². The number of hydrogen-bond acceptors (Lipinski definition) is 3. The van der Waals surface area contributed by atoms with E-state index in [4.69, 9.17) is 0 Å². The molecule has 0 fully saturated rings. The highest BCUT2D eigenvalue weighted by atomic mass is 16.1. The van der Waals surface area contributed by atoms with Gasteiger partial charge in [0.05, 0.1) is 5.69 Å². The van der Waals surface area contributed by atoms with Crippen LogP contribution in [0.1, 0.15) is 15.9 Å². The van der Waals surface area contributed by atoms with Crippen LogP contribution in [0.25, 0.3) is 0 Å². The Kier molecular flexibility index (Phi) is 2.67. The Hall–Kier alpha value is -2.42. The standard InChI is InChI=1S/C16H14N2O/c1-18(2)12-9-7-11(8-10-12)15-16(19)13-5-3-4-6-14(13)17-15/h3-10H,1-2H3. The van der Waals surface area contributed by atoms with Crippen molar-refractivity contribution in [2.24, 2.45) is 4.99 Å². The Morgan fingerprint density at radius 1 is 0.947 bits per heavy atom. The minimum atomic E-state index is 0.00760. The molecule has 1 heterocycles. The van der Waals surface area contributed by atoms with Gasteiger partial charge in [0.1, 0.15) is 5.71 Å². The van der Waals surface area contributed by atoms with Crippen LogP contribution >= 0.6 is 0 Å². The molecule has 0 saturated carbocycles. The smallest absolute Gasteiger partial charge is 0.214 e. The third-order valence-corrected chi connectivity index (χ3v) is 3.25. The van der Waals surface area contributed by atoms with Gasteiger partial charge in [-0.25, -0.2) is 4.99 Å². The molecule has 0 N–H and O–H groups in total. The Morgan fingerprint density at radius 2 is 1.63 bits per heavy atom. The van der Waals surface area contributed by atoms with Crippen molar-refractivity contribution in [2.75, 3.05) is 19.0 Å². The summed E-state index contributed by atoms with van der Waals surface area (Å²) in [5.41, 5.74) is 3.96. The minimum absolute atomic E-state index is 0.00760. The molecule has 3 rings (SSSR count). The zero-order valence-corrected chi connectivity index (χ0v) is 10.9. The third-order valence-electron chi connectivity index (χ3n) is 3.25. The lowest BCUT2D eigenvalue weighted by molar-refractivity contribution is 0.107. The molecule has 94 valence electrons. The van der Waals surface area contributed by atoms with Gasteiger partial charge in [0.15, 0.2) is 0 Å². The van der Waals surface area contributed by atoms with Crippen LogP contribution in [-0.4, -0.2) is 25.6 Å². The molecule has 2 aromatic rings. The second kappa shape index (κ2) is 4.35. The predicted octanol–water partition coefficient (Wildman–Crippen LogP) is 3.07.